The van der Waals surface area contributed by atoms with Gasteiger partial charge in [-0.1, -0.05) is 13.8 Å². The molecule has 0 aromatic carbocycles. The molecule has 0 amide bonds. The summed E-state index contributed by atoms with van der Waals surface area (Å²) in [4.78, 5) is 2.25. The summed E-state index contributed by atoms with van der Waals surface area (Å²) in [5.41, 5.74) is 5.79. The van der Waals surface area contributed by atoms with E-state index in [1.165, 1.54) is 13.0 Å². The number of piperidine rings is 1. The number of hydrogen-bond acceptors (Lipinski definition) is 2. The Kier molecular flexibility index (Phi) is 2.32. The zero-order valence-corrected chi connectivity index (χ0v) is 7.17. The van der Waals surface area contributed by atoms with Crippen LogP contribution in [0.25, 0.3) is 0 Å². The first kappa shape index (κ1) is 8.02. The van der Waals surface area contributed by atoms with Crippen molar-refractivity contribution in [3.63, 3.8) is 0 Å². The van der Waals surface area contributed by atoms with E-state index in [-0.39, 0.29) is 0 Å². The molecule has 2 rings (SSSR count). The van der Waals surface area contributed by atoms with Crippen LogP contribution in [-0.2, 0) is 0 Å². The fraction of sp³-hybridized carbons (Fsp3) is 1.00. The summed E-state index contributed by atoms with van der Waals surface area (Å²) < 4.78 is 0. The minimum absolute atomic E-state index is 0.389. The van der Waals surface area contributed by atoms with E-state index >= 15 is 0 Å². The molecular formula is C8H18N2. The van der Waals surface area contributed by atoms with Gasteiger partial charge in [0.25, 0.3) is 0 Å². The zero-order chi connectivity index (χ0) is 7.72. The number of rotatable bonds is 0. The maximum absolute atomic E-state index is 5.79. The highest BCUT2D eigenvalue weighted by molar-refractivity contribution is 5.00. The molecule has 1 saturated heterocycles. The van der Waals surface area contributed by atoms with Crippen LogP contribution in [0.3, 0.4) is 0 Å². The summed E-state index contributed by atoms with van der Waals surface area (Å²) in [7, 11) is 2.11. The minimum atomic E-state index is 0.389. The Balaban J connectivity index is 0.000000231. The van der Waals surface area contributed by atoms with Gasteiger partial charge in [-0.15, -0.1) is 0 Å². The smallest absolute Gasteiger partial charge is 0.0601 e. The lowest BCUT2D eigenvalue weighted by Gasteiger charge is -2.16. The van der Waals surface area contributed by atoms with Gasteiger partial charge in [-0.3, -0.25) is 4.90 Å². The van der Waals surface area contributed by atoms with Crippen molar-refractivity contribution in [1.29, 1.82) is 0 Å². The monoisotopic (exact) mass is 142 g/mol. The van der Waals surface area contributed by atoms with Crippen LogP contribution in [0, 0.1) is 11.8 Å². The molecule has 0 bridgehead atoms. The summed E-state index contributed by atoms with van der Waals surface area (Å²) in [6.07, 6.45) is 1.78. The topological polar surface area (TPSA) is 29.3 Å². The fourth-order valence-corrected chi connectivity index (χ4v) is 1.72. The molecule has 2 N–H and O–H groups in total. The third-order valence-electron chi connectivity index (χ3n) is 2.45. The quantitative estimate of drug-likeness (QED) is 0.544. The van der Waals surface area contributed by atoms with Crippen molar-refractivity contribution in [2.24, 2.45) is 17.6 Å². The van der Waals surface area contributed by atoms with Gasteiger partial charge in [-0.25, -0.2) is 0 Å². The normalized spacial score (nSPS) is 43.8. The number of nitrogens with zero attached hydrogens (tertiary/aromatic N) is 1. The second-order valence-corrected chi connectivity index (χ2v) is 3.09. The molecule has 60 valence electrons. The van der Waals surface area contributed by atoms with Gasteiger partial charge in [-0.05, 0) is 25.3 Å². The number of likely N-dealkylation sites (tertiary alicyclic amines) is 1. The molecule has 0 aromatic rings. The molecule has 2 heteroatoms. The maximum atomic E-state index is 5.79. The second kappa shape index (κ2) is 2.89. The summed E-state index contributed by atoms with van der Waals surface area (Å²) in [5, 5.41) is 0. The highest BCUT2D eigenvalue weighted by Gasteiger charge is 2.49. The molecule has 1 aliphatic carbocycles. The van der Waals surface area contributed by atoms with Gasteiger partial charge in [-0.2, -0.15) is 0 Å². The van der Waals surface area contributed by atoms with Crippen LogP contribution in [0.4, 0.5) is 0 Å². The van der Waals surface area contributed by atoms with E-state index < -0.39 is 0 Å². The minimum Gasteiger partial charge on any atom is -0.315 e. The van der Waals surface area contributed by atoms with Gasteiger partial charge in [0.1, 0.15) is 0 Å². The van der Waals surface area contributed by atoms with Crippen LogP contribution in [0.1, 0.15) is 20.3 Å². The molecule has 3 atom stereocenters. The molecular weight excluding hydrogens is 124 g/mol. The average Bonchev–Trinajstić information content (AvgIpc) is 2.65. The molecule has 2 fully saturated rings. The van der Waals surface area contributed by atoms with Gasteiger partial charge in [0.15, 0.2) is 0 Å². The SMILES string of the molecule is CC.CN1CC2CC2C1N. The Bertz CT molecular complexity index is 112. The van der Waals surface area contributed by atoms with Crippen LogP contribution in [0.2, 0.25) is 0 Å². The highest BCUT2D eigenvalue weighted by Crippen LogP contribution is 2.46. The molecule has 3 unspecified atom stereocenters. The fourth-order valence-electron chi connectivity index (χ4n) is 1.72. The van der Waals surface area contributed by atoms with Gasteiger partial charge in [0.05, 0.1) is 6.17 Å². The standard InChI is InChI=1S/C6H12N2.C2H6/c1-8-3-4-2-5(4)6(8)7;1-2/h4-6H,2-3,7H2,1H3;1-2H3. The van der Waals surface area contributed by atoms with Crippen molar-refractivity contribution in [3.8, 4) is 0 Å². The summed E-state index contributed by atoms with van der Waals surface area (Å²) >= 11 is 0. The first-order valence-electron chi connectivity index (χ1n) is 4.25. The highest BCUT2D eigenvalue weighted by atomic mass is 15.2. The van der Waals surface area contributed by atoms with Crippen LogP contribution in [0.15, 0.2) is 0 Å². The Morgan fingerprint density at radius 2 is 2.00 bits per heavy atom. The van der Waals surface area contributed by atoms with Crippen LogP contribution in [-0.4, -0.2) is 24.7 Å². The van der Waals surface area contributed by atoms with Crippen LogP contribution >= 0.6 is 0 Å². The molecule has 10 heavy (non-hydrogen) atoms. The third-order valence-corrected chi connectivity index (χ3v) is 2.45. The van der Waals surface area contributed by atoms with Crippen molar-refractivity contribution in [1.82, 2.24) is 4.90 Å². The molecule has 2 aliphatic rings. The largest absolute Gasteiger partial charge is 0.315 e. The Labute approximate surface area is 63.4 Å². The molecule has 1 aliphatic heterocycles. The van der Waals surface area contributed by atoms with E-state index in [2.05, 4.69) is 11.9 Å². The number of hydrogen-bond donors (Lipinski definition) is 1. The Morgan fingerprint density at radius 3 is 2.20 bits per heavy atom. The first-order chi connectivity index (χ1) is 4.79. The lowest BCUT2D eigenvalue weighted by atomic mass is 10.3. The van der Waals surface area contributed by atoms with Crippen molar-refractivity contribution >= 4 is 0 Å². The van der Waals surface area contributed by atoms with E-state index in [1.54, 1.807) is 0 Å². The molecule has 0 spiro atoms. The molecule has 0 aromatic heterocycles. The van der Waals surface area contributed by atoms with Crippen molar-refractivity contribution in [3.05, 3.63) is 0 Å². The molecule has 0 radical (unpaired) electrons. The van der Waals surface area contributed by atoms with E-state index in [4.69, 9.17) is 5.73 Å². The maximum Gasteiger partial charge on any atom is 0.0601 e. The van der Waals surface area contributed by atoms with Gasteiger partial charge >= 0.3 is 0 Å². The van der Waals surface area contributed by atoms with Gasteiger partial charge < -0.3 is 5.73 Å². The van der Waals surface area contributed by atoms with Crippen molar-refractivity contribution in [2.45, 2.75) is 26.4 Å². The molecule has 2 nitrogen and oxygen atoms in total. The third kappa shape index (κ3) is 1.18. The summed E-state index contributed by atoms with van der Waals surface area (Å²) in [6.45, 7) is 5.24. The first-order valence-corrected chi connectivity index (χ1v) is 4.25. The predicted molar refractivity (Wildman–Crippen MR) is 43.6 cm³/mol. The van der Waals surface area contributed by atoms with Crippen molar-refractivity contribution < 1.29 is 0 Å². The van der Waals surface area contributed by atoms with E-state index in [0.29, 0.717) is 6.17 Å². The number of nitrogens with two attached hydrogens (primary N) is 1. The lowest BCUT2D eigenvalue weighted by molar-refractivity contribution is 0.276. The van der Waals surface area contributed by atoms with E-state index in [0.717, 1.165) is 11.8 Å². The molecule has 1 heterocycles. The van der Waals surface area contributed by atoms with Crippen LogP contribution < -0.4 is 5.73 Å². The Hall–Kier alpha value is -0.0800. The average molecular weight is 142 g/mol. The molecule has 1 saturated carbocycles. The van der Waals surface area contributed by atoms with Crippen LogP contribution in [0.5, 0.6) is 0 Å². The van der Waals surface area contributed by atoms with E-state index in [9.17, 15) is 0 Å². The number of fused-ring (bicyclic) bond motifs is 1. The second-order valence-electron chi connectivity index (χ2n) is 3.09. The predicted octanol–water partition coefficient (Wildman–Crippen LogP) is 0.879. The summed E-state index contributed by atoms with van der Waals surface area (Å²) in [5.74, 6) is 1.83. The van der Waals surface area contributed by atoms with Crippen molar-refractivity contribution in [2.75, 3.05) is 13.6 Å². The summed E-state index contributed by atoms with van der Waals surface area (Å²) in [6, 6.07) is 0. The Morgan fingerprint density at radius 1 is 1.40 bits per heavy atom. The van der Waals surface area contributed by atoms with E-state index in [1.807, 2.05) is 13.8 Å². The zero-order valence-electron chi connectivity index (χ0n) is 7.17. The van der Waals surface area contributed by atoms with Gasteiger partial charge in [0.2, 0.25) is 0 Å². The van der Waals surface area contributed by atoms with Gasteiger partial charge in [0, 0.05) is 6.54 Å². The lowest BCUT2D eigenvalue weighted by Crippen LogP contribution is -2.36.